The van der Waals surface area contributed by atoms with Gasteiger partial charge in [0.25, 0.3) is 5.91 Å². The minimum absolute atomic E-state index is 0.0349. The summed E-state index contributed by atoms with van der Waals surface area (Å²) in [6.07, 6.45) is 4.87. The Kier molecular flexibility index (Phi) is 6.24. The third-order valence-electron chi connectivity index (χ3n) is 4.76. The summed E-state index contributed by atoms with van der Waals surface area (Å²) in [5, 5.41) is 2.98. The van der Waals surface area contributed by atoms with Crippen molar-refractivity contribution in [2.45, 2.75) is 26.3 Å². The Morgan fingerprint density at radius 3 is 2.69 bits per heavy atom. The first kappa shape index (κ1) is 18.8. The molecular weight excluding hydrogens is 441 g/mol. The number of hydrogen-bond acceptors (Lipinski definition) is 3. The molecule has 1 aliphatic heterocycles. The van der Waals surface area contributed by atoms with E-state index in [0.717, 1.165) is 20.3 Å². The lowest BCUT2D eigenvalue weighted by Crippen LogP contribution is -2.43. The van der Waals surface area contributed by atoms with E-state index in [2.05, 4.69) is 32.9 Å². The van der Waals surface area contributed by atoms with Crippen molar-refractivity contribution in [1.82, 2.24) is 15.2 Å². The molecule has 26 heavy (non-hydrogen) atoms. The summed E-state index contributed by atoms with van der Waals surface area (Å²) in [5.74, 6) is 0.0886. The van der Waals surface area contributed by atoms with Crippen LogP contribution in [0.2, 0.25) is 0 Å². The molecule has 2 amide bonds. The number of rotatable bonds is 4. The van der Waals surface area contributed by atoms with Crippen LogP contribution in [0.4, 0.5) is 0 Å². The molecule has 0 aliphatic carbocycles. The van der Waals surface area contributed by atoms with Gasteiger partial charge in [0.05, 0.1) is 5.56 Å². The van der Waals surface area contributed by atoms with Gasteiger partial charge >= 0.3 is 0 Å². The molecule has 5 nitrogen and oxygen atoms in total. The highest BCUT2D eigenvalue weighted by molar-refractivity contribution is 14.1. The lowest BCUT2D eigenvalue weighted by Gasteiger charge is -2.31. The molecule has 0 radical (unpaired) electrons. The van der Waals surface area contributed by atoms with E-state index in [1.54, 1.807) is 12.4 Å². The number of hydrogen-bond donors (Lipinski definition) is 1. The molecule has 0 saturated carbocycles. The Morgan fingerprint density at radius 1 is 1.23 bits per heavy atom. The predicted molar refractivity (Wildman–Crippen MR) is 109 cm³/mol. The van der Waals surface area contributed by atoms with Crippen LogP contribution in [-0.4, -0.2) is 34.8 Å². The monoisotopic (exact) mass is 463 g/mol. The van der Waals surface area contributed by atoms with Gasteiger partial charge in [0.15, 0.2) is 0 Å². The molecule has 2 aromatic rings. The molecule has 1 aliphatic rings. The molecule has 1 fully saturated rings. The zero-order valence-electron chi connectivity index (χ0n) is 14.7. The van der Waals surface area contributed by atoms with Crippen molar-refractivity contribution >= 4 is 34.4 Å². The second-order valence-corrected chi connectivity index (χ2v) is 7.66. The number of halogens is 1. The van der Waals surface area contributed by atoms with Crippen molar-refractivity contribution in [3.63, 3.8) is 0 Å². The molecular formula is C20H22IN3O2. The molecule has 0 spiro atoms. The number of carbonyl (C=O) groups is 2. The van der Waals surface area contributed by atoms with Gasteiger partial charge in [0.1, 0.15) is 0 Å². The van der Waals surface area contributed by atoms with E-state index < -0.39 is 0 Å². The second-order valence-electron chi connectivity index (χ2n) is 6.58. The fourth-order valence-corrected chi connectivity index (χ4v) is 3.75. The summed E-state index contributed by atoms with van der Waals surface area (Å²) in [7, 11) is 0. The fraction of sp³-hybridized carbons (Fsp3) is 0.350. The van der Waals surface area contributed by atoms with Gasteiger partial charge in [-0.2, -0.15) is 0 Å². The Bertz CT molecular complexity index is 787. The number of nitrogens with zero attached hydrogens (tertiary/aromatic N) is 2. The van der Waals surface area contributed by atoms with Crippen molar-refractivity contribution in [2.24, 2.45) is 5.92 Å². The lowest BCUT2D eigenvalue weighted by molar-refractivity contribution is -0.126. The molecule has 1 aromatic carbocycles. The number of aromatic nitrogens is 1. The largest absolute Gasteiger partial charge is 0.352 e. The van der Waals surface area contributed by atoms with Crippen LogP contribution in [0.25, 0.3) is 0 Å². The molecule has 1 N–H and O–H groups in total. The Hall–Kier alpha value is -1.96. The van der Waals surface area contributed by atoms with Gasteiger partial charge < -0.3 is 10.2 Å². The SMILES string of the molecule is Cc1cccc(C(=O)N2CCC(C(=O)NCc3cccnc3)CC2)c1I. The van der Waals surface area contributed by atoms with Gasteiger partial charge in [0, 0.05) is 41.5 Å². The van der Waals surface area contributed by atoms with Crippen molar-refractivity contribution in [3.8, 4) is 0 Å². The van der Waals surface area contributed by atoms with Crippen LogP contribution >= 0.6 is 22.6 Å². The predicted octanol–water partition coefficient (Wildman–Crippen LogP) is 3.16. The average Bonchev–Trinajstić information content (AvgIpc) is 2.68. The van der Waals surface area contributed by atoms with Crippen LogP contribution in [0.3, 0.4) is 0 Å². The number of amides is 2. The number of pyridine rings is 1. The number of nitrogens with one attached hydrogen (secondary N) is 1. The first-order valence-corrected chi connectivity index (χ1v) is 9.85. The second kappa shape index (κ2) is 8.62. The van der Waals surface area contributed by atoms with Crippen LogP contribution in [0, 0.1) is 16.4 Å². The number of likely N-dealkylation sites (tertiary alicyclic amines) is 1. The summed E-state index contributed by atoms with van der Waals surface area (Å²) in [6.45, 7) is 3.74. The minimum atomic E-state index is -0.0349. The zero-order valence-corrected chi connectivity index (χ0v) is 16.9. The molecule has 1 saturated heterocycles. The summed E-state index contributed by atoms with van der Waals surface area (Å²) < 4.78 is 1.01. The van der Waals surface area contributed by atoms with E-state index >= 15 is 0 Å². The summed E-state index contributed by atoms with van der Waals surface area (Å²) in [6, 6.07) is 9.61. The molecule has 2 heterocycles. The highest BCUT2D eigenvalue weighted by Crippen LogP contribution is 2.23. The van der Waals surface area contributed by atoms with E-state index in [4.69, 9.17) is 0 Å². The normalized spacial score (nSPS) is 14.9. The van der Waals surface area contributed by atoms with Gasteiger partial charge in [-0.05, 0) is 65.6 Å². The first-order chi connectivity index (χ1) is 12.6. The van der Waals surface area contributed by atoms with Gasteiger partial charge in [-0.15, -0.1) is 0 Å². The van der Waals surface area contributed by atoms with E-state index in [0.29, 0.717) is 32.5 Å². The molecule has 6 heteroatoms. The third kappa shape index (κ3) is 4.41. The average molecular weight is 463 g/mol. The standard InChI is InChI=1S/C20H22IN3O2/c1-14-4-2-6-17(18(14)21)20(26)24-10-7-16(8-11-24)19(25)23-13-15-5-3-9-22-12-15/h2-6,9,12,16H,7-8,10-11,13H2,1H3,(H,23,25). The molecule has 3 rings (SSSR count). The molecule has 1 aromatic heterocycles. The van der Waals surface area contributed by atoms with E-state index in [1.165, 1.54) is 0 Å². The van der Waals surface area contributed by atoms with Crippen LogP contribution < -0.4 is 5.32 Å². The van der Waals surface area contributed by atoms with Crippen molar-refractivity contribution in [3.05, 3.63) is 63.0 Å². The van der Waals surface area contributed by atoms with E-state index in [1.807, 2.05) is 42.2 Å². The summed E-state index contributed by atoms with van der Waals surface area (Å²) in [4.78, 5) is 31.1. The van der Waals surface area contributed by atoms with Gasteiger partial charge in [-0.1, -0.05) is 18.2 Å². The van der Waals surface area contributed by atoms with Gasteiger partial charge in [-0.25, -0.2) is 0 Å². The maximum atomic E-state index is 12.8. The first-order valence-electron chi connectivity index (χ1n) is 8.77. The number of carbonyl (C=O) groups excluding carboxylic acids is 2. The third-order valence-corrected chi connectivity index (χ3v) is 6.20. The van der Waals surface area contributed by atoms with Crippen LogP contribution in [0.1, 0.15) is 34.3 Å². The maximum absolute atomic E-state index is 12.8. The Morgan fingerprint density at radius 2 is 2.00 bits per heavy atom. The highest BCUT2D eigenvalue weighted by Gasteiger charge is 2.28. The summed E-state index contributed by atoms with van der Waals surface area (Å²) >= 11 is 2.23. The Labute approximate surface area is 167 Å². The number of piperidine rings is 1. The molecule has 0 unspecified atom stereocenters. The highest BCUT2D eigenvalue weighted by atomic mass is 127. The minimum Gasteiger partial charge on any atom is -0.352 e. The Balaban J connectivity index is 1.53. The number of benzene rings is 1. The number of aryl methyl sites for hydroxylation is 1. The quantitative estimate of drug-likeness (QED) is 0.709. The topological polar surface area (TPSA) is 62.3 Å². The van der Waals surface area contributed by atoms with Gasteiger partial charge in [0.2, 0.25) is 5.91 Å². The lowest BCUT2D eigenvalue weighted by atomic mass is 9.95. The van der Waals surface area contributed by atoms with Crippen molar-refractivity contribution < 1.29 is 9.59 Å². The van der Waals surface area contributed by atoms with E-state index in [-0.39, 0.29) is 17.7 Å². The van der Waals surface area contributed by atoms with Crippen LogP contribution in [0.5, 0.6) is 0 Å². The zero-order chi connectivity index (χ0) is 18.5. The van der Waals surface area contributed by atoms with Crippen LogP contribution in [-0.2, 0) is 11.3 Å². The molecule has 136 valence electrons. The van der Waals surface area contributed by atoms with Gasteiger partial charge in [-0.3, -0.25) is 14.6 Å². The maximum Gasteiger partial charge on any atom is 0.254 e. The molecule has 0 bridgehead atoms. The summed E-state index contributed by atoms with van der Waals surface area (Å²) in [5.41, 5.74) is 2.86. The van der Waals surface area contributed by atoms with Crippen molar-refractivity contribution in [1.29, 1.82) is 0 Å². The smallest absolute Gasteiger partial charge is 0.254 e. The van der Waals surface area contributed by atoms with Crippen LogP contribution in [0.15, 0.2) is 42.7 Å². The molecule has 0 atom stereocenters. The van der Waals surface area contributed by atoms with Crippen molar-refractivity contribution in [2.75, 3.05) is 13.1 Å². The fourth-order valence-electron chi connectivity index (χ4n) is 3.16. The van der Waals surface area contributed by atoms with E-state index in [9.17, 15) is 9.59 Å².